The summed E-state index contributed by atoms with van der Waals surface area (Å²) in [6.45, 7) is -1.43. The summed E-state index contributed by atoms with van der Waals surface area (Å²) < 4.78 is 48.2. The maximum absolute atomic E-state index is 12.9. The van der Waals surface area contributed by atoms with Gasteiger partial charge in [-0.15, -0.1) is 0 Å². The van der Waals surface area contributed by atoms with Gasteiger partial charge < -0.3 is 5.32 Å². The van der Waals surface area contributed by atoms with E-state index < -0.39 is 24.4 Å². The van der Waals surface area contributed by atoms with Gasteiger partial charge in [0.2, 0.25) is 5.91 Å². The highest BCUT2D eigenvalue weighted by atomic mass is 35.5. The number of hydrogen-bond acceptors (Lipinski definition) is 1. The molecule has 2 nitrogen and oxygen atoms in total. The van der Waals surface area contributed by atoms with Gasteiger partial charge in [0, 0.05) is 0 Å². The largest absolute Gasteiger partial charge is 0.405 e. The van der Waals surface area contributed by atoms with Crippen LogP contribution in [0.15, 0.2) is 18.2 Å². The highest BCUT2D eigenvalue weighted by Gasteiger charge is 2.27. The predicted molar refractivity (Wildman–Crippen MR) is 53.9 cm³/mol. The van der Waals surface area contributed by atoms with Crippen LogP contribution in [0.25, 0.3) is 0 Å². The van der Waals surface area contributed by atoms with E-state index in [0.29, 0.717) is 0 Å². The van der Waals surface area contributed by atoms with Crippen LogP contribution in [0.2, 0.25) is 5.02 Å². The number of rotatable bonds is 3. The van der Waals surface area contributed by atoms with Gasteiger partial charge in [-0.25, -0.2) is 4.39 Å². The lowest BCUT2D eigenvalue weighted by atomic mass is 10.1. The fourth-order valence-corrected chi connectivity index (χ4v) is 1.11. The van der Waals surface area contributed by atoms with Crippen LogP contribution in [0.5, 0.6) is 0 Å². The van der Waals surface area contributed by atoms with Crippen molar-refractivity contribution in [1.82, 2.24) is 5.32 Å². The Balaban J connectivity index is 2.54. The first-order valence-electron chi connectivity index (χ1n) is 4.42. The zero-order chi connectivity index (χ0) is 13.1. The van der Waals surface area contributed by atoms with Crippen molar-refractivity contribution < 1.29 is 22.4 Å². The van der Waals surface area contributed by atoms with Crippen LogP contribution in [0.3, 0.4) is 0 Å². The molecule has 1 N–H and O–H groups in total. The molecule has 1 amide bonds. The second-order valence-corrected chi connectivity index (χ2v) is 3.56. The van der Waals surface area contributed by atoms with Crippen molar-refractivity contribution >= 4 is 17.5 Å². The Morgan fingerprint density at radius 2 is 2.06 bits per heavy atom. The molecule has 0 aliphatic heterocycles. The Kier molecular flexibility index (Phi) is 4.34. The summed E-state index contributed by atoms with van der Waals surface area (Å²) in [4.78, 5) is 11.0. The normalized spacial score (nSPS) is 11.4. The minimum Gasteiger partial charge on any atom is -0.346 e. The van der Waals surface area contributed by atoms with Crippen molar-refractivity contribution in [3.8, 4) is 0 Å². The molecule has 17 heavy (non-hydrogen) atoms. The van der Waals surface area contributed by atoms with E-state index in [4.69, 9.17) is 11.6 Å². The molecule has 1 aromatic carbocycles. The van der Waals surface area contributed by atoms with Crippen LogP contribution in [0.1, 0.15) is 5.56 Å². The molecule has 0 unspecified atom stereocenters. The fourth-order valence-electron chi connectivity index (χ4n) is 0.992. The number of carbonyl (C=O) groups is 1. The molecule has 0 spiro atoms. The van der Waals surface area contributed by atoms with Gasteiger partial charge in [0.1, 0.15) is 12.4 Å². The fraction of sp³-hybridized carbons (Fsp3) is 0.200. The van der Waals surface area contributed by atoms with E-state index in [1.807, 2.05) is 0 Å². The Morgan fingerprint density at radius 3 is 2.59 bits per heavy atom. The first-order chi connectivity index (χ1) is 7.78. The first-order valence-corrected chi connectivity index (χ1v) is 4.80. The molecule has 1 radical (unpaired) electrons. The van der Waals surface area contributed by atoms with Crippen LogP contribution in [-0.4, -0.2) is 18.6 Å². The molecular weight excluding hydrogens is 262 g/mol. The highest BCUT2D eigenvalue weighted by Crippen LogP contribution is 2.17. The number of nitrogens with one attached hydrogen (secondary N) is 1. The molecule has 0 heterocycles. The molecule has 0 aliphatic rings. The topological polar surface area (TPSA) is 29.1 Å². The lowest BCUT2D eigenvalue weighted by Crippen LogP contribution is -2.33. The highest BCUT2D eigenvalue weighted by molar-refractivity contribution is 6.30. The third kappa shape index (κ3) is 5.04. The molecular formula is C10H7ClF4NO. The molecule has 0 atom stereocenters. The number of benzene rings is 1. The van der Waals surface area contributed by atoms with E-state index in [9.17, 15) is 22.4 Å². The molecule has 0 aliphatic carbocycles. The van der Waals surface area contributed by atoms with Crippen molar-refractivity contribution in [2.75, 3.05) is 6.54 Å². The van der Waals surface area contributed by atoms with E-state index in [0.717, 1.165) is 12.5 Å². The summed E-state index contributed by atoms with van der Waals surface area (Å²) in [6.07, 6.45) is -3.63. The Hall–Kier alpha value is -1.30. The third-order valence-corrected chi connectivity index (χ3v) is 2.01. The molecule has 1 aromatic rings. The van der Waals surface area contributed by atoms with Gasteiger partial charge in [-0.1, -0.05) is 17.7 Å². The zero-order valence-electron chi connectivity index (χ0n) is 8.31. The van der Waals surface area contributed by atoms with Crippen LogP contribution in [-0.2, 0) is 4.79 Å². The van der Waals surface area contributed by atoms with Crippen molar-refractivity contribution in [2.45, 2.75) is 6.18 Å². The molecule has 7 heteroatoms. The second-order valence-electron chi connectivity index (χ2n) is 3.15. The maximum atomic E-state index is 12.9. The van der Waals surface area contributed by atoms with Crippen molar-refractivity contribution in [2.24, 2.45) is 0 Å². The smallest absolute Gasteiger partial charge is 0.346 e. The van der Waals surface area contributed by atoms with Crippen LogP contribution >= 0.6 is 11.6 Å². The van der Waals surface area contributed by atoms with Crippen molar-refractivity contribution in [3.05, 3.63) is 41.0 Å². The summed E-state index contributed by atoms with van der Waals surface area (Å²) in [6, 6.07) is 3.48. The van der Waals surface area contributed by atoms with E-state index in [2.05, 4.69) is 0 Å². The average Bonchev–Trinajstić information content (AvgIpc) is 2.20. The summed E-state index contributed by atoms with van der Waals surface area (Å²) in [5, 5.41) is 1.50. The van der Waals surface area contributed by atoms with Crippen LogP contribution in [0.4, 0.5) is 17.6 Å². The zero-order valence-corrected chi connectivity index (χ0v) is 9.07. The summed E-state index contributed by atoms with van der Waals surface area (Å²) in [5.41, 5.74) is 0.131. The van der Waals surface area contributed by atoms with Gasteiger partial charge in [-0.05, 0) is 17.7 Å². The van der Waals surface area contributed by atoms with E-state index >= 15 is 0 Å². The third-order valence-electron chi connectivity index (χ3n) is 1.70. The Morgan fingerprint density at radius 1 is 1.41 bits per heavy atom. The van der Waals surface area contributed by atoms with Gasteiger partial charge in [-0.2, -0.15) is 13.2 Å². The van der Waals surface area contributed by atoms with Crippen LogP contribution < -0.4 is 5.32 Å². The molecule has 0 fully saturated rings. The van der Waals surface area contributed by atoms with Crippen molar-refractivity contribution in [1.29, 1.82) is 0 Å². The van der Waals surface area contributed by atoms with Crippen LogP contribution in [0, 0.1) is 12.2 Å². The first kappa shape index (κ1) is 13.8. The number of hydrogen-bond donors (Lipinski definition) is 1. The quantitative estimate of drug-likeness (QED) is 0.839. The van der Waals surface area contributed by atoms with Crippen molar-refractivity contribution in [3.63, 3.8) is 0 Å². The monoisotopic (exact) mass is 268 g/mol. The molecule has 0 saturated heterocycles. The van der Waals surface area contributed by atoms with Gasteiger partial charge in [0.15, 0.2) is 0 Å². The van der Waals surface area contributed by atoms with E-state index in [-0.39, 0.29) is 10.6 Å². The lowest BCUT2D eigenvalue weighted by molar-refractivity contribution is -0.136. The molecule has 0 aromatic heterocycles. The van der Waals surface area contributed by atoms with Gasteiger partial charge in [-0.3, -0.25) is 4.79 Å². The molecule has 0 saturated carbocycles. The maximum Gasteiger partial charge on any atom is 0.405 e. The SMILES string of the molecule is O=C([CH]c1ccc(Cl)c(F)c1)NCC(F)(F)F. The number of alkyl halides is 3. The molecule has 93 valence electrons. The Labute approximate surface area is 99.6 Å². The summed E-state index contributed by atoms with van der Waals surface area (Å²) in [5.74, 6) is -1.70. The predicted octanol–water partition coefficient (Wildman–Crippen LogP) is 2.71. The van der Waals surface area contributed by atoms with E-state index in [1.54, 1.807) is 5.32 Å². The van der Waals surface area contributed by atoms with Gasteiger partial charge >= 0.3 is 6.18 Å². The minimum atomic E-state index is -4.48. The number of carbonyl (C=O) groups excluding carboxylic acids is 1. The van der Waals surface area contributed by atoms with Gasteiger partial charge in [0.25, 0.3) is 0 Å². The van der Waals surface area contributed by atoms with Gasteiger partial charge in [0.05, 0.1) is 11.4 Å². The average molecular weight is 269 g/mol. The number of amides is 1. The van der Waals surface area contributed by atoms with E-state index in [1.165, 1.54) is 12.1 Å². The lowest BCUT2D eigenvalue weighted by Gasteiger charge is -2.08. The second kappa shape index (κ2) is 5.35. The summed E-state index contributed by atoms with van der Waals surface area (Å²) in [7, 11) is 0. The standard InChI is InChI=1S/C10H7ClF4NO/c11-7-2-1-6(3-8(7)12)4-9(17)16-5-10(13,14)15/h1-4H,5H2,(H,16,17). The molecule has 0 bridgehead atoms. The minimum absolute atomic E-state index is 0.127. The number of halogens is 5. The summed E-state index contributed by atoms with van der Waals surface area (Å²) >= 11 is 5.40. The molecule has 1 rings (SSSR count). The Bertz CT molecular complexity index is 419.